The van der Waals surface area contributed by atoms with E-state index in [1.54, 1.807) is 0 Å². The second-order valence-electron chi connectivity index (χ2n) is 7.73. The standard InChI is InChI=1S/C18H35N3/c1-2-6-15-7-8-17(19)18(13-15)21-12-9-16(14-21)20-10-4-3-5-11-20/h15-18H,2-14,19H2,1H3. The van der Waals surface area contributed by atoms with Gasteiger partial charge >= 0.3 is 0 Å². The summed E-state index contributed by atoms with van der Waals surface area (Å²) in [6.45, 7) is 7.59. The summed E-state index contributed by atoms with van der Waals surface area (Å²) in [6.07, 6.45) is 12.4. The summed E-state index contributed by atoms with van der Waals surface area (Å²) < 4.78 is 0. The Morgan fingerprint density at radius 2 is 1.76 bits per heavy atom. The van der Waals surface area contributed by atoms with E-state index in [0.29, 0.717) is 12.1 Å². The second kappa shape index (κ2) is 7.43. The first-order chi connectivity index (χ1) is 10.3. The van der Waals surface area contributed by atoms with Crippen LogP contribution < -0.4 is 5.73 Å². The summed E-state index contributed by atoms with van der Waals surface area (Å²) >= 11 is 0. The predicted molar refractivity (Wildman–Crippen MR) is 89.4 cm³/mol. The monoisotopic (exact) mass is 293 g/mol. The van der Waals surface area contributed by atoms with Gasteiger partial charge in [-0.05, 0) is 57.5 Å². The Morgan fingerprint density at radius 1 is 0.952 bits per heavy atom. The number of nitrogens with two attached hydrogens (primary N) is 1. The molecule has 0 bridgehead atoms. The van der Waals surface area contributed by atoms with Gasteiger partial charge in [0, 0.05) is 31.2 Å². The van der Waals surface area contributed by atoms with Gasteiger partial charge in [0.1, 0.15) is 0 Å². The summed E-state index contributed by atoms with van der Waals surface area (Å²) in [5.74, 6) is 0.939. The smallest absolute Gasteiger partial charge is 0.0250 e. The Hall–Kier alpha value is -0.120. The quantitative estimate of drug-likeness (QED) is 0.865. The lowest BCUT2D eigenvalue weighted by atomic mass is 9.80. The van der Waals surface area contributed by atoms with Crippen LogP contribution in [0.3, 0.4) is 0 Å². The first-order valence-corrected chi connectivity index (χ1v) is 9.51. The van der Waals surface area contributed by atoms with Crippen LogP contribution in [-0.4, -0.2) is 54.1 Å². The molecule has 3 fully saturated rings. The molecule has 1 aliphatic carbocycles. The van der Waals surface area contributed by atoms with E-state index in [9.17, 15) is 0 Å². The summed E-state index contributed by atoms with van der Waals surface area (Å²) in [7, 11) is 0. The third kappa shape index (κ3) is 3.80. The molecule has 3 heteroatoms. The van der Waals surface area contributed by atoms with E-state index >= 15 is 0 Å². The van der Waals surface area contributed by atoms with Crippen LogP contribution in [0.15, 0.2) is 0 Å². The van der Waals surface area contributed by atoms with Gasteiger partial charge in [0.25, 0.3) is 0 Å². The highest BCUT2D eigenvalue weighted by Crippen LogP contribution is 2.32. The number of likely N-dealkylation sites (tertiary alicyclic amines) is 2. The molecule has 21 heavy (non-hydrogen) atoms. The highest BCUT2D eigenvalue weighted by atomic mass is 15.3. The Morgan fingerprint density at radius 3 is 2.52 bits per heavy atom. The fourth-order valence-corrected chi connectivity index (χ4v) is 5.00. The highest BCUT2D eigenvalue weighted by molar-refractivity contribution is 4.94. The maximum atomic E-state index is 6.49. The minimum atomic E-state index is 0.429. The normalized spacial score (nSPS) is 39.7. The summed E-state index contributed by atoms with van der Waals surface area (Å²) in [5, 5.41) is 0. The Bertz CT molecular complexity index is 314. The van der Waals surface area contributed by atoms with Gasteiger partial charge in [0.05, 0.1) is 0 Å². The molecule has 4 unspecified atom stereocenters. The van der Waals surface area contributed by atoms with Crippen molar-refractivity contribution in [1.29, 1.82) is 0 Å². The molecule has 3 rings (SSSR count). The van der Waals surface area contributed by atoms with Gasteiger partial charge in [-0.2, -0.15) is 0 Å². The van der Waals surface area contributed by atoms with Gasteiger partial charge < -0.3 is 5.73 Å². The molecule has 0 aromatic rings. The fourth-order valence-electron chi connectivity index (χ4n) is 5.00. The van der Waals surface area contributed by atoms with Gasteiger partial charge in [-0.1, -0.05) is 26.2 Å². The van der Waals surface area contributed by atoms with Crippen LogP contribution in [0, 0.1) is 5.92 Å². The molecule has 2 heterocycles. The van der Waals surface area contributed by atoms with Crippen molar-refractivity contribution < 1.29 is 0 Å². The van der Waals surface area contributed by atoms with Crippen molar-refractivity contribution in [2.24, 2.45) is 11.7 Å². The topological polar surface area (TPSA) is 32.5 Å². The van der Waals surface area contributed by atoms with Crippen LogP contribution in [-0.2, 0) is 0 Å². The zero-order chi connectivity index (χ0) is 14.7. The van der Waals surface area contributed by atoms with Gasteiger partial charge in [0.2, 0.25) is 0 Å². The van der Waals surface area contributed by atoms with Crippen molar-refractivity contribution in [1.82, 2.24) is 9.80 Å². The molecule has 4 atom stereocenters. The molecule has 122 valence electrons. The van der Waals surface area contributed by atoms with E-state index in [4.69, 9.17) is 5.73 Å². The van der Waals surface area contributed by atoms with E-state index in [-0.39, 0.29) is 0 Å². The molecule has 3 aliphatic rings. The van der Waals surface area contributed by atoms with E-state index in [2.05, 4.69) is 16.7 Å². The Labute approximate surface area is 131 Å². The number of hydrogen-bond donors (Lipinski definition) is 1. The molecule has 0 spiro atoms. The number of hydrogen-bond acceptors (Lipinski definition) is 3. The molecular weight excluding hydrogens is 258 g/mol. The fraction of sp³-hybridized carbons (Fsp3) is 1.00. The van der Waals surface area contributed by atoms with Crippen molar-refractivity contribution in [3.63, 3.8) is 0 Å². The average molecular weight is 293 g/mol. The van der Waals surface area contributed by atoms with E-state index in [1.807, 2.05) is 0 Å². The molecule has 0 amide bonds. The van der Waals surface area contributed by atoms with Crippen molar-refractivity contribution in [3.05, 3.63) is 0 Å². The van der Waals surface area contributed by atoms with E-state index < -0.39 is 0 Å². The zero-order valence-electron chi connectivity index (χ0n) is 14.0. The van der Waals surface area contributed by atoms with Crippen molar-refractivity contribution in [2.45, 2.75) is 82.8 Å². The zero-order valence-corrected chi connectivity index (χ0v) is 14.0. The third-order valence-electron chi connectivity index (χ3n) is 6.25. The van der Waals surface area contributed by atoms with Gasteiger partial charge in [-0.25, -0.2) is 0 Å². The van der Waals surface area contributed by atoms with Gasteiger partial charge in [-0.15, -0.1) is 0 Å². The van der Waals surface area contributed by atoms with Crippen LogP contribution in [0.5, 0.6) is 0 Å². The second-order valence-corrected chi connectivity index (χ2v) is 7.73. The molecular formula is C18H35N3. The molecule has 2 aliphatic heterocycles. The predicted octanol–water partition coefficient (Wildman–Crippen LogP) is 2.84. The van der Waals surface area contributed by atoms with Crippen LogP contribution in [0.4, 0.5) is 0 Å². The van der Waals surface area contributed by atoms with Crippen LogP contribution in [0.25, 0.3) is 0 Å². The molecule has 1 saturated carbocycles. The average Bonchev–Trinajstić information content (AvgIpc) is 3.00. The lowest BCUT2D eigenvalue weighted by Gasteiger charge is -2.40. The Balaban J connectivity index is 1.54. The number of rotatable bonds is 4. The SMILES string of the molecule is CCCC1CCC(N)C(N2CCC(N3CCCCC3)C2)C1. The van der Waals surface area contributed by atoms with E-state index in [0.717, 1.165) is 12.0 Å². The molecule has 3 nitrogen and oxygen atoms in total. The highest BCUT2D eigenvalue weighted by Gasteiger charge is 2.37. The first kappa shape index (κ1) is 15.8. The number of piperidine rings is 1. The maximum absolute atomic E-state index is 6.49. The van der Waals surface area contributed by atoms with Crippen molar-refractivity contribution in [3.8, 4) is 0 Å². The molecule has 2 saturated heterocycles. The van der Waals surface area contributed by atoms with Gasteiger partial charge in [-0.3, -0.25) is 9.80 Å². The van der Waals surface area contributed by atoms with Crippen molar-refractivity contribution >= 4 is 0 Å². The minimum absolute atomic E-state index is 0.429. The van der Waals surface area contributed by atoms with Crippen LogP contribution in [0.2, 0.25) is 0 Å². The molecule has 0 radical (unpaired) electrons. The lowest BCUT2D eigenvalue weighted by Crippen LogP contribution is -2.51. The molecule has 0 aromatic heterocycles. The molecule has 2 N–H and O–H groups in total. The summed E-state index contributed by atoms with van der Waals surface area (Å²) in [6, 6.07) is 1.92. The van der Waals surface area contributed by atoms with Crippen LogP contribution >= 0.6 is 0 Å². The van der Waals surface area contributed by atoms with Crippen molar-refractivity contribution in [2.75, 3.05) is 26.2 Å². The maximum Gasteiger partial charge on any atom is 0.0250 e. The Kier molecular flexibility index (Phi) is 5.58. The summed E-state index contributed by atoms with van der Waals surface area (Å²) in [4.78, 5) is 5.52. The largest absolute Gasteiger partial charge is 0.326 e. The molecule has 0 aromatic carbocycles. The minimum Gasteiger partial charge on any atom is -0.326 e. The van der Waals surface area contributed by atoms with E-state index in [1.165, 1.54) is 84.0 Å². The number of nitrogens with zero attached hydrogens (tertiary/aromatic N) is 2. The summed E-state index contributed by atoms with van der Waals surface area (Å²) in [5.41, 5.74) is 6.49. The first-order valence-electron chi connectivity index (χ1n) is 9.51. The lowest BCUT2D eigenvalue weighted by molar-refractivity contribution is 0.111. The van der Waals surface area contributed by atoms with Gasteiger partial charge in [0.15, 0.2) is 0 Å². The third-order valence-corrected chi connectivity index (χ3v) is 6.25. The van der Waals surface area contributed by atoms with Crippen LogP contribution in [0.1, 0.15) is 64.7 Å².